The molecule has 1 fully saturated rings. The molecule has 1 saturated heterocycles. The highest BCUT2D eigenvalue weighted by Gasteiger charge is 2.53. The monoisotopic (exact) mass is 743 g/mol. The van der Waals surface area contributed by atoms with Crippen LogP contribution in [0.4, 0.5) is 16.9 Å². The lowest BCUT2D eigenvalue weighted by Crippen LogP contribution is -2.71. The number of anilines is 3. The second-order valence-corrected chi connectivity index (χ2v) is 13.6. The van der Waals surface area contributed by atoms with E-state index >= 15 is 0 Å². The average molecular weight is 744 g/mol. The van der Waals surface area contributed by atoms with E-state index < -0.39 is 58.5 Å². The number of oxime groups is 1. The quantitative estimate of drug-likeness (QED) is 0.0165. The lowest BCUT2D eigenvalue weighted by atomic mass is 10.0. The fraction of sp³-hybridized carbons (Fsp3) is 0.222. The van der Waals surface area contributed by atoms with Gasteiger partial charge in [-0.1, -0.05) is 27.5 Å². The van der Waals surface area contributed by atoms with E-state index in [2.05, 4.69) is 25.5 Å². The molecule has 50 heavy (non-hydrogen) atoms. The molecule has 5 heterocycles. The zero-order chi connectivity index (χ0) is 36.0. The highest BCUT2D eigenvalue weighted by Crippen LogP contribution is 2.41. The minimum absolute atomic E-state index is 0.0423. The number of thioether (sulfide) groups is 2. The van der Waals surface area contributed by atoms with Gasteiger partial charge in [0.1, 0.15) is 22.9 Å². The van der Waals surface area contributed by atoms with Crippen LogP contribution in [0.25, 0.3) is 5.65 Å². The molecule has 260 valence electrons. The summed E-state index contributed by atoms with van der Waals surface area (Å²) in [5.74, 6) is -5.43. The Kier molecular flexibility index (Phi) is 9.02. The van der Waals surface area contributed by atoms with Gasteiger partial charge in [0.05, 0.1) is 18.7 Å². The molecule has 4 aromatic rings. The van der Waals surface area contributed by atoms with Gasteiger partial charge in [0.15, 0.2) is 22.3 Å². The number of rotatable bonds is 11. The number of phenols is 2. The summed E-state index contributed by atoms with van der Waals surface area (Å²) in [5.41, 5.74) is 17.4. The number of fused-ring (bicyclic) bond motifs is 2. The number of aryl methyl sites for hydroxylation is 1. The summed E-state index contributed by atoms with van der Waals surface area (Å²) in [5, 5.41) is 52.8. The van der Waals surface area contributed by atoms with Gasteiger partial charge < -0.3 is 52.6 Å². The average Bonchev–Trinajstić information content (AvgIpc) is 3.62. The Morgan fingerprint density at radius 1 is 1.22 bits per heavy atom. The van der Waals surface area contributed by atoms with Crippen LogP contribution in [0.5, 0.6) is 11.5 Å². The highest BCUT2D eigenvalue weighted by atomic mass is 32.2. The molecule has 0 bridgehead atoms. The third-order valence-corrected chi connectivity index (χ3v) is 10.5. The molecule has 3 aromatic heterocycles. The standard InChI is InChI=1S/C27H25N11O9S3/c1-36-15-5-14(28)32-27(38(15)34-25(36)29)50-7-10-6-48-22-17(21(42)37(22)18(10)23(43)44)33-20(41)16(11-8-49-26(30)31-11)35-47-19(24(45)46)9-2-3-12(39)13(40)4-9/h2-5,8,17,19,22,28H,6-7H2,1H3,(H9,29,30,31,33,34,35,39,40,41,43,44,45,46)/t17?,19?,22-/m1/s1. The maximum atomic E-state index is 13.5. The number of carbonyl (C=O) groups is 4. The summed E-state index contributed by atoms with van der Waals surface area (Å²) in [6, 6.07) is 3.51. The van der Waals surface area contributed by atoms with Crippen LogP contribution in [-0.2, 0) is 31.1 Å². The number of phenolic OH excluding ortho intramolecular Hbond substituents is 2. The van der Waals surface area contributed by atoms with E-state index in [1.54, 1.807) is 17.7 Å². The molecule has 2 unspecified atom stereocenters. The molecular weight excluding hydrogens is 719 g/mol. The van der Waals surface area contributed by atoms with Crippen molar-refractivity contribution in [1.82, 2.24) is 29.8 Å². The second-order valence-electron chi connectivity index (χ2n) is 10.6. The Morgan fingerprint density at radius 2 is 1.98 bits per heavy atom. The van der Waals surface area contributed by atoms with Crippen LogP contribution in [0.2, 0.25) is 0 Å². The number of aliphatic carboxylic acids is 2. The molecule has 0 spiro atoms. The Labute approximate surface area is 292 Å². The first kappa shape index (κ1) is 34.1. The third kappa shape index (κ3) is 6.23. The number of nitrogens with zero attached hydrogens (tertiary/aromatic N) is 7. The fourth-order valence-electron chi connectivity index (χ4n) is 5.00. The summed E-state index contributed by atoms with van der Waals surface area (Å²) >= 11 is 3.26. The number of benzene rings is 1. The van der Waals surface area contributed by atoms with Gasteiger partial charge in [0, 0.05) is 33.6 Å². The number of hydrogen-bond donors (Lipinski definition) is 7. The summed E-state index contributed by atoms with van der Waals surface area (Å²) in [6.45, 7) is 0. The Bertz CT molecular complexity index is 2150. The van der Waals surface area contributed by atoms with Crippen LogP contribution < -0.4 is 32.2 Å². The lowest BCUT2D eigenvalue weighted by molar-refractivity contribution is -0.631. The van der Waals surface area contributed by atoms with Crippen LogP contribution >= 0.6 is 34.9 Å². The Balaban J connectivity index is 1.22. The molecule has 23 heteroatoms. The van der Waals surface area contributed by atoms with Crippen molar-refractivity contribution in [1.29, 1.82) is 0 Å². The lowest BCUT2D eigenvalue weighted by Gasteiger charge is -2.50. The van der Waals surface area contributed by atoms with E-state index in [0.29, 0.717) is 16.4 Å². The molecule has 2 amide bonds. The number of aromatic nitrogens is 5. The van der Waals surface area contributed by atoms with Crippen molar-refractivity contribution in [2.24, 2.45) is 12.2 Å². The van der Waals surface area contributed by atoms with Crippen LogP contribution in [0, 0.1) is 0 Å². The summed E-state index contributed by atoms with van der Waals surface area (Å²) < 4.78 is 3.06. The van der Waals surface area contributed by atoms with Crippen LogP contribution in [-0.4, -0.2) is 92.2 Å². The molecule has 6 rings (SSSR count). The summed E-state index contributed by atoms with van der Waals surface area (Å²) in [6.07, 6.45) is -1.84. The largest absolute Gasteiger partial charge is 0.543 e. The molecule has 0 radical (unpaired) electrons. The zero-order valence-corrected chi connectivity index (χ0v) is 27.9. The van der Waals surface area contributed by atoms with Crippen molar-refractivity contribution in [3.63, 3.8) is 0 Å². The van der Waals surface area contributed by atoms with Crippen molar-refractivity contribution in [2.45, 2.75) is 22.7 Å². The maximum absolute atomic E-state index is 13.5. The smallest absolute Gasteiger partial charge is 0.376 e. The maximum Gasteiger partial charge on any atom is 0.376 e. The first-order chi connectivity index (χ1) is 23.7. The third-order valence-electron chi connectivity index (χ3n) is 7.45. The fourth-order valence-corrected chi connectivity index (χ4v) is 7.99. The van der Waals surface area contributed by atoms with Gasteiger partial charge >= 0.3 is 11.9 Å². The van der Waals surface area contributed by atoms with E-state index in [-0.39, 0.29) is 45.4 Å². The molecular formula is C27H25N11O9S3. The number of thiazole rings is 1. The predicted molar refractivity (Wildman–Crippen MR) is 175 cm³/mol. The van der Waals surface area contributed by atoms with Crippen molar-refractivity contribution < 1.29 is 49.0 Å². The predicted octanol–water partition coefficient (Wildman–Crippen LogP) is -2.09. The van der Waals surface area contributed by atoms with E-state index in [0.717, 1.165) is 40.1 Å². The minimum Gasteiger partial charge on any atom is -0.543 e. The first-order valence-corrected chi connectivity index (χ1v) is 17.0. The molecule has 1 aromatic carbocycles. The molecule has 10 N–H and O–H groups in total. The Hall–Kier alpha value is -5.81. The first-order valence-electron chi connectivity index (χ1n) is 14.1. The highest BCUT2D eigenvalue weighted by molar-refractivity contribution is 8.01. The van der Waals surface area contributed by atoms with Crippen LogP contribution in [0.15, 0.2) is 51.2 Å². The molecule has 2 aliphatic heterocycles. The molecule has 2 aliphatic rings. The van der Waals surface area contributed by atoms with E-state index in [1.807, 2.05) is 0 Å². The van der Waals surface area contributed by atoms with Gasteiger partial charge in [0.25, 0.3) is 11.8 Å². The second kappa shape index (κ2) is 13.2. The number of β-lactam (4-membered cyclic amide) rings is 1. The topological polar surface area (TPSA) is 314 Å². The number of nitrogen functional groups attached to an aromatic ring is 3. The van der Waals surface area contributed by atoms with Crippen molar-refractivity contribution in [3.05, 3.63) is 52.2 Å². The Morgan fingerprint density at radius 3 is 2.64 bits per heavy atom. The number of nitrogens with two attached hydrogens (primary N) is 3. The normalized spacial score (nSPS) is 18.1. The number of carbonyl (C=O) groups excluding carboxylic acids is 3. The van der Waals surface area contributed by atoms with E-state index in [9.17, 15) is 39.6 Å². The van der Waals surface area contributed by atoms with Crippen molar-refractivity contribution >= 4 is 86.9 Å². The molecule has 0 aliphatic carbocycles. The van der Waals surface area contributed by atoms with Gasteiger partial charge in [-0.25, -0.2) is 14.3 Å². The zero-order valence-electron chi connectivity index (χ0n) is 25.4. The van der Waals surface area contributed by atoms with Gasteiger partial charge in [0.2, 0.25) is 16.9 Å². The minimum atomic E-state index is -1.84. The number of hydrogen-bond acceptors (Lipinski definition) is 18. The molecule has 0 saturated carbocycles. The number of nitrogens with one attached hydrogen (secondary N) is 1. The van der Waals surface area contributed by atoms with E-state index in [1.165, 1.54) is 27.7 Å². The van der Waals surface area contributed by atoms with Gasteiger partial charge in [-0.15, -0.1) is 23.1 Å². The van der Waals surface area contributed by atoms with Gasteiger partial charge in [-0.2, -0.15) is 4.98 Å². The van der Waals surface area contributed by atoms with Crippen molar-refractivity contribution in [3.8, 4) is 11.5 Å². The summed E-state index contributed by atoms with van der Waals surface area (Å²) in [4.78, 5) is 65.7. The molecule has 3 atom stereocenters. The van der Waals surface area contributed by atoms with Crippen molar-refractivity contribution in [2.75, 3.05) is 28.7 Å². The van der Waals surface area contributed by atoms with Crippen LogP contribution in [0.1, 0.15) is 17.4 Å². The molecule has 20 nitrogen and oxygen atoms in total. The van der Waals surface area contributed by atoms with Crippen LogP contribution in [0.3, 0.4) is 0 Å². The SMILES string of the molecule is C[n+]1c(N)nn2c(SCC3=C(C(=O)[O-])N4C(=O)C(NC(=O)/C(=N\OC(C(=O)O)c5ccc(O)c(O)c5)c5csc(N)n5)[C@H]4SC3)nc(N)cc21. The number of carboxylic acid groups (broad SMARTS) is 2. The number of carboxylic acids is 2. The number of amides is 2. The number of aromatic hydroxyl groups is 2. The van der Waals surface area contributed by atoms with E-state index in [4.69, 9.17) is 22.0 Å². The van der Waals surface area contributed by atoms with Gasteiger partial charge in [-0.05, 0) is 17.7 Å². The summed E-state index contributed by atoms with van der Waals surface area (Å²) in [7, 11) is 1.69. The van der Waals surface area contributed by atoms with Gasteiger partial charge in [-0.3, -0.25) is 14.5 Å².